The molecule has 4 rings (SSSR count). The van der Waals surface area contributed by atoms with Crippen LogP contribution in [0.1, 0.15) is 38.2 Å². The first-order valence-electron chi connectivity index (χ1n) is 10.4. The fourth-order valence-corrected chi connectivity index (χ4v) is 4.03. The Balaban J connectivity index is 1.67. The number of ether oxygens (including phenoxy) is 1. The Bertz CT molecular complexity index is 1060. The number of benzene rings is 2. The number of unbranched alkanes of at least 4 members (excludes halogenated alkanes) is 1. The van der Waals surface area contributed by atoms with Crippen molar-refractivity contribution in [3.8, 4) is 0 Å². The number of fused-ring (bicyclic) bond motifs is 3. The largest absolute Gasteiger partial charge is 0.394 e. The fraction of sp³-hybridized carbons (Fsp3) is 0.455. The van der Waals surface area contributed by atoms with Crippen LogP contribution in [0.25, 0.3) is 21.8 Å². The number of urea groups is 1. The maximum Gasteiger partial charge on any atom is 0.319 e. The summed E-state index contributed by atoms with van der Waals surface area (Å²) in [5.41, 5.74) is 2.40. The van der Waals surface area contributed by atoms with E-state index in [-0.39, 0.29) is 18.9 Å². The molecule has 0 spiro atoms. The molecule has 1 aromatic heterocycles. The molecule has 2 amide bonds. The van der Waals surface area contributed by atoms with Gasteiger partial charge >= 0.3 is 6.03 Å². The molecule has 160 valence electrons. The van der Waals surface area contributed by atoms with E-state index < -0.39 is 12.2 Å². The van der Waals surface area contributed by atoms with Crippen molar-refractivity contribution in [2.45, 2.75) is 51.5 Å². The molecule has 3 atom stereocenters. The topological polar surface area (TPSA) is 109 Å². The average molecular weight is 412 g/mol. The smallest absolute Gasteiger partial charge is 0.319 e. The van der Waals surface area contributed by atoms with E-state index in [9.17, 15) is 15.0 Å². The third-order valence-corrected chi connectivity index (χ3v) is 5.60. The van der Waals surface area contributed by atoms with Crippen molar-refractivity contribution in [3.63, 3.8) is 0 Å². The second-order valence-corrected chi connectivity index (χ2v) is 7.75. The van der Waals surface area contributed by atoms with E-state index in [0.29, 0.717) is 18.7 Å². The number of aryl methyl sites for hydroxylation is 1. The molecule has 0 saturated carbocycles. The van der Waals surface area contributed by atoms with Crippen molar-refractivity contribution >= 4 is 33.5 Å². The highest BCUT2D eigenvalue weighted by Crippen LogP contribution is 2.35. The minimum absolute atomic E-state index is 0.221. The second-order valence-electron chi connectivity index (χ2n) is 7.75. The number of nitrogens with zero attached hydrogens (tertiary/aromatic N) is 2. The van der Waals surface area contributed by atoms with Gasteiger partial charge in [-0.25, -0.2) is 9.78 Å². The number of nitrogens with one attached hydrogen (secondary N) is 2. The van der Waals surface area contributed by atoms with Gasteiger partial charge in [0.25, 0.3) is 0 Å². The molecule has 2 heterocycles. The minimum atomic E-state index is -0.709. The Labute approximate surface area is 174 Å². The number of aliphatic hydroxyl groups is 2. The van der Waals surface area contributed by atoms with Gasteiger partial charge in [-0.1, -0.05) is 25.5 Å². The number of anilines is 1. The Kier molecular flexibility index (Phi) is 5.90. The van der Waals surface area contributed by atoms with Gasteiger partial charge in [-0.2, -0.15) is 0 Å². The van der Waals surface area contributed by atoms with E-state index >= 15 is 0 Å². The van der Waals surface area contributed by atoms with Gasteiger partial charge in [0.1, 0.15) is 18.2 Å². The van der Waals surface area contributed by atoms with E-state index in [1.165, 1.54) is 0 Å². The van der Waals surface area contributed by atoms with E-state index in [2.05, 4.69) is 17.6 Å². The molecule has 1 aliphatic heterocycles. The van der Waals surface area contributed by atoms with Gasteiger partial charge < -0.3 is 30.2 Å². The van der Waals surface area contributed by atoms with Crippen LogP contribution in [0.3, 0.4) is 0 Å². The highest BCUT2D eigenvalue weighted by Gasteiger charge is 2.35. The van der Waals surface area contributed by atoms with Gasteiger partial charge in [0.2, 0.25) is 0 Å². The molecule has 1 fully saturated rings. The molecule has 0 unspecified atom stereocenters. The number of carbonyl (C=O) groups excluding carboxylic acids is 1. The van der Waals surface area contributed by atoms with Crippen molar-refractivity contribution in [2.24, 2.45) is 0 Å². The zero-order valence-corrected chi connectivity index (χ0v) is 17.3. The molecule has 1 saturated heterocycles. The number of aromatic nitrogens is 2. The van der Waals surface area contributed by atoms with Crippen LogP contribution in [0, 0.1) is 6.92 Å². The maximum absolute atomic E-state index is 12.1. The number of rotatable bonds is 6. The lowest BCUT2D eigenvalue weighted by atomic mass is 10.1. The molecule has 2 aromatic carbocycles. The Morgan fingerprint density at radius 2 is 2.13 bits per heavy atom. The van der Waals surface area contributed by atoms with Gasteiger partial charge in [0.05, 0.1) is 23.7 Å². The lowest BCUT2D eigenvalue weighted by Gasteiger charge is -2.16. The first-order valence-corrected chi connectivity index (χ1v) is 10.4. The summed E-state index contributed by atoms with van der Waals surface area (Å²) in [6, 6.07) is 9.54. The normalized spacial score (nSPS) is 21.4. The Morgan fingerprint density at radius 3 is 2.87 bits per heavy atom. The SMILES string of the molecule is CCCCNC(=O)Nc1ccc2ccc3c(nc(C)n3[C@H]3C[C@H](O)[C@@H](CO)O3)c2c1. The third kappa shape index (κ3) is 3.86. The molecule has 1 aliphatic rings. The molecule has 4 N–H and O–H groups in total. The lowest BCUT2D eigenvalue weighted by molar-refractivity contribution is -0.0436. The summed E-state index contributed by atoms with van der Waals surface area (Å²) in [5, 5.41) is 27.2. The van der Waals surface area contributed by atoms with Crippen LogP contribution >= 0.6 is 0 Å². The van der Waals surface area contributed by atoms with E-state index in [1.807, 2.05) is 41.8 Å². The average Bonchev–Trinajstić information content (AvgIpc) is 3.26. The monoisotopic (exact) mass is 412 g/mol. The second kappa shape index (κ2) is 8.59. The summed E-state index contributed by atoms with van der Waals surface area (Å²) in [5.74, 6) is 0.768. The summed E-state index contributed by atoms with van der Waals surface area (Å²) in [6.07, 6.45) is 0.683. The van der Waals surface area contributed by atoms with Crippen LogP contribution in [0.15, 0.2) is 30.3 Å². The summed E-state index contributed by atoms with van der Waals surface area (Å²) in [4.78, 5) is 16.9. The van der Waals surface area contributed by atoms with Crippen LogP contribution in [0.4, 0.5) is 10.5 Å². The van der Waals surface area contributed by atoms with Crippen molar-refractivity contribution in [2.75, 3.05) is 18.5 Å². The number of amides is 2. The van der Waals surface area contributed by atoms with E-state index in [0.717, 1.165) is 40.5 Å². The molecule has 3 aromatic rings. The molecule has 30 heavy (non-hydrogen) atoms. The zero-order valence-electron chi connectivity index (χ0n) is 17.3. The molecular weight excluding hydrogens is 384 g/mol. The van der Waals surface area contributed by atoms with Gasteiger partial charge in [-0.15, -0.1) is 0 Å². The molecule has 0 radical (unpaired) electrons. The van der Waals surface area contributed by atoms with Crippen LogP contribution < -0.4 is 10.6 Å². The third-order valence-electron chi connectivity index (χ3n) is 5.60. The molecule has 8 heteroatoms. The minimum Gasteiger partial charge on any atom is -0.394 e. The quantitative estimate of drug-likeness (QED) is 0.465. The van der Waals surface area contributed by atoms with Gasteiger partial charge in [-0.05, 0) is 36.9 Å². The Hall–Kier alpha value is -2.68. The summed E-state index contributed by atoms with van der Waals surface area (Å²) < 4.78 is 7.81. The van der Waals surface area contributed by atoms with Crippen LogP contribution in [-0.2, 0) is 4.74 Å². The van der Waals surface area contributed by atoms with Crippen molar-refractivity contribution in [3.05, 3.63) is 36.2 Å². The maximum atomic E-state index is 12.1. The zero-order chi connectivity index (χ0) is 21.3. The van der Waals surface area contributed by atoms with Gasteiger partial charge in [0.15, 0.2) is 0 Å². The fourth-order valence-electron chi connectivity index (χ4n) is 4.03. The van der Waals surface area contributed by atoms with Crippen LogP contribution in [0.5, 0.6) is 0 Å². The van der Waals surface area contributed by atoms with Crippen molar-refractivity contribution in [1.82, 2.24) is 14.9 Å². The first-order chi connectivity index (χ1) is 14.5. The molecule has 0 aliphatic carbocycles. The predicted octanol–water partition coefficient (Wildman–Crippen LogP) is 3.06. The van der Waals surface area contributed by atoms with Crippen molar-refractivity contribution < 1.29 is 19.7 Å². The summed E-state index contributed by atoms with van der Waals surface area (Å²) in [6.45, 7) is 4.40. The van der Waals surface area contributed by atoms with E-state index in [4.69, 9.17) is 9.72 Å². The highest BCUT2D eigenvalue weighted by atomic mass is 16.5. The standard InChI is InChI=1S/C22H28N4O4/c1-3-4-9-23-22(29)25-15-7-5-14-6-8-17-21(16(14)10-15)24-13(2)26(17)20-11-18(28)19(12-27)30-20/h5-8,10,18-20,27-28H,3-4,9,11-12H2,1-2H3,(H2,23,25,29)/t18-,19+,20+/m0/s1. The van der Waals surface area contributed by atoms with Gasteiger partial charge in [0, 0.05) is 24.0 Å². The number of hydrogen-bond donors (Lipinski definition) is 4. The number of hydrogen-bond acceptors (Lipinski definition) is 5. The van der Waals surface area contributed by atoms with Crippen LogP contribution in [-0.4, -0.2) is 51.2 Å². The molecular formula is C22H28N4O4. The number of aliphatic hydroxyl groups excluding tert-OH is 2. The molecule has 8 nitrogen and oxygen atoms in total. The van der Waals surface area contributed by atoms with E-state index in [1.54, 1.807) is 0 Å². The Morgan fingerprint density at radius 1 is 1.33 bits per heavy atom. The lowest BCUT2D eigenvalue weighted by Crippen LogP contribution is -2.29. The summed E-state index contributed by atoms with van der Waals surface area (Å²) >= 11 is 0. The number of imidazole rings is 1. The predicted molar refractivity (Wildman–Crippen MR) is 116 cm³/mol. The molecule has 0 bridgehead atoms. The number of carbonyl (C=O) groups is 1. The first kappa shape index (κ1) is 20.6. The summed E-state index contributed by atoms with van der Waals surface area (Å²) in [7, 11) is 0. The highest BCUT2D eigenvalue weighted by molar-refractivity contribution is 6.06. The van der Waals surface area contributed by atoms with Crippen molar-refractivity contribution in [1.29, 1.82) is 0 Å². The van der Waals surface area contributed by atoms with Crippen LogP contribution in [0.2, 0.25) is 0 Å². The van der Waals surface area contributed by atoms with Gasteiger partial charge in [-0.3, -0.25) is 0 Å².